The number of amides is 1. The third-order valence-corrected chi connectivity index (χ3v) is 5.94. The van der Waals surface area contributed by atoms with Crippen LogP contribution in [0.5, 0.6) is 0 Å². The van der Waals surface area contributed by atoms with E-state index in [0.29, 0.717) is 12.1 Å². The fourth-order valence-corrected chi connectivity index (χ4v) is 4.69. The molecule has 0 radical (unpaired) electrons. The standard InChI is InChI=1S/C23H24N4OS/c1-16-6-4-7-19(13-16)22(28)27(10-5-9-26-11-8-24-15-26)23-25-21-18(3)12-17(2)14-20(21)29-23/h4,6-8,11-15H,5,9-10H2,1-3H3. The minimum atomic E-state index is -0.00670. The summed E-state index contributed by atoms with van der Waals surface area (Å²) in [6, 6.07) is 12.0. The molecule has 0 bridgehead atoms. The zero-order chi connectivity index (χ0) is 20.4. The van der Waals surface area contributed by atoms with Crippen LogP contribution in [0.25, 0.3) is 10.2 Å². The van der Waals surface area contributed by atoms with Crippen LogP contribution in [-0.4, -0.2) is 27.0 Å². The molecule has 0 saturated carbocycles. The van der Waals surface area contributed by atoms with Crippen LogP contribution in [0.15, 0.2) is 55.1 Å². The second kappa shape index (κ2) is 8.17. The molecule has 0 aliphatic carbocycles. The van der Waals surface area contributed by atoms with Gasteiger partial charge < -0.3 is 4.57 Å². The molecule has 4 rings (SSSR count). The maximum absolute atomic E-state index is 13.4. The van der Waals surface area contributed by atoms with Gasteiger partial charge in [0.15, 0.2) is 5.13 Å². The molecule has 0 N–H and O–H groups in total. The van der Waals surface area contributed by atoms with Crippen molar-refractivity contribution in [1.29, 1.82) is 0 Å². The number of benzene rings is 2. The molecule has 2 aromatic carbocycles. The van der Waals surface area contributed by atoms with Crippen molar-refractivity contribution in [3.05, 3.63) is 77.4 Å². The Labute approximate surface area is 174 Å². The number of carbonyl (C=O) groups is 1. The highest BCUT2D eigenvalue weighted by Gasteiger charge is 2.21. The van der Waals surface area contributed by atoms with Crippen molar-refractivity contribution in [2.24, 2.45) is 0 Å². The molecule has 5 nitrogen and oxygen atoms in total. The van der Waals surface area contributed by atoms with E-state index in [1.165, 1.54) is 5.56 Å². The van der Waals surface area contributed by atoms with Crippen LogP contribution >= 0.6 is 11.3 Å². The maximum atomic E-state index is 13.4. The van der Waals surface area contributed by atoms with Crippen molar-refractivity contribution < 1.29 is 4.79 Å². The lowest BCUT2D eigenvalue weighted by Gasteiger charge is -2.20. The summed E-state index contributed by atoms with van der Waals surface area (Å²) in [5.74, 6) is -0.00670. The molecule has 6 heteroatoms. The Morgan fingerprint density at radius 1 is 1.14 bits per heavy atom. The van der Waals surface area contributed by atoms with Crippen molar-refractivity contribution in [3.8, 4) is 0 Å². The number of carbonyl (C=O) groups excluding carboxylic acids is 1. The second-order valence-corrected chi connectivity index (χ2v) is 8.41. The smallest absolute Gasteiger partial charge is 0.260 e. The van der Waals surface area contributed by atoms with Crippen LogP contribution in [0.1, 0.15) is 33.5 Å². The van der Waals surface area contributed by atoms with Crippen LogP contribution in [-0.2, 0) is 6.54 Å². The van der Waals surface area contributed by atoms with Crippen LogP contribution in [0.4, 0.5) is 5.13 Å². The van der Waals surface area contributed by atoms with Crippen molar-refractivity contribution in [3.63, 3.8) is 0 Å². The first-order valence-electron chi connectivity index (χ1n) is 9.73. The number of aryl methyl sites for hydroxylation is 4. The predicted molar refractivity (Wildman–Crippen MR) is 119 cm³/mol. The highest BCUT2D eigenvalue weighted by molar-refractivity contribution is 7.22. The van der Waals surface area contributed by atoms with Gasteiger partial charge in [0, 0.05) is 31.0 Å². The zero-order valence-corrected chi connectivity index (χ0v) is 17.7. The molecule has 29 heavy (non-hydrogen) atoms. The topological polar surface area (TPSA) is 51.0 Å². The Bertz CT molecular complexity index is 1150. The van der Waals surface area contributed by atoms with E-state index in [2.05, 4.69) is 31.0 Å². The van der Waals surface area contributed by atoms with E-state index in [4.69, 9.17) is 4.98 Å². The molecule has 2 heterocycles. The molecule has 1 amide bonds. The molecule has 4 aromatic rings. The summed E-state index contributed by atoms with van der Waals surface area (Å²) in [6.07, 6.45) is 6.34. The first-order valence-corrected chi connectivity index (χ1v) is 10.5. The van der Waals surface area contributed by atoms with Gasteiger partial charge in [-0.15, -0.1) is 0 Å². The highest BCUT2D eigenvalue weighted by atomic mass is 32.1. The number of fused-ring (bicyclic) bond motifs is 1. The van der Waals surface area contributed by atoms with E-state index in [9.17, 15) is 4.79 Å². The van der Waals surface area contributed by atoms with Gasteiger partial charge in [-0.3, -0.25) is 9.69 Å². The van der Waals surface area contributed by atoms with Crippen LogP contribution in [0, 0.1) is 20.8 Å². The highest BCUT2D eigenvalue weighted by Crippen LogP contribution is 2.32. The molecular formula is C23H24N4OS. The Morgan fingerprint density at radius 3 is 2.76 bits per heavy atom. The normalized spacial score (nSPS) is 11.1. The summed E-state index contributed by atoms with van der Waals surface area (Å²) in [4.78, 5) is 24.1. The molecule has 2 aromatic heterocycles. The van der Waals surface area contributed by atoms with Gasteiger partial charge in [0.05, 0.1) is 16.5 Å². The zero-order valence-electron chi connectivity index (χ0n) is 16.9. The summed E-state index contributed by atoms with van der Waals surface area (Å²) < 4.78 is 3.15. The van der Waals surface area contributed by atoms with Gasteiger partial charge in [-0.2, -0.15) is 0 Å². The van der Waals surface area contributed by atoms with Gasteiger partial charge in [0.25, 0.3) is 5.91 Å². The van der Waals surface area contributed by atoms with E-state index in [1.54, 1.807) is 23.9 Å². The van der Waals surface area contributed by atoms with Crippen LogP contribution in [0.3, 0.4) is 0 Å². The Balaban J connectivity index is 1.67. The van der Waals surface area contributed by atoms with Gasteiger partial charge >= 0.3 is 0 Å². The van der Waals surface area contributed by atoms with Gasteiger partial charge in [-0.05, 0) is 56.5 Å². The molecule has 0 unspecified atom stereocenters. The molecule has 0 saturated heterocycles. The number of nitrogens with zero attached hydrogens (tertiary/aromatic N) is 4. The Kier molecular flexibility index (Phi) is 5.45. The summed E-state index contributed by atoms with van der Waals surface area (Å²) in [6.45, 7) is 7.57. The SMILES string of the molecule is Cc1cccc(C(=O)N(CCCn2ccnc2)c2nc3c(C)cc(C)cc3s2)c1. The average Bonchev–Trinajstić information content (AvgIpc) is 3.34. The largest absolute Gasteiger partial charge is 0.337 e. The van der Waals surface area contributed by atoms with E-state index >= 15 is 0 Å². The van der Waals surface area contributed by atoms with Crippen LogP contribution in [0.2, 0.25) is 0 Å². The first-order chi connectivity index (χ1) is 14.0. The number of imidazole rings is 1. The van der Waals surface area contributed by atoms with Crippen molar-refractivity contribution >= 4 is 32.6 Å². The lowest BCUT2D eigenvalue weighted by Crippen LogP contribution is -2.32. The summed E-state index contributed by atoms with van der Waals surface area (Å²) in [5.41, 5.74) is 5.10. The first kappa shape index (κ1) is 19.3. The average molecular weight is 405 g/mol. The van der Waals surface area contributed by atoms with Gasteiger partial charge in [0.2, 0.25) is 0 Å². The Morgan fingerprint density at radius 2 is 2.00 bits per heavy atom. The maximum Gasteiger partial charge on any atom is 0.260 e. The Hall–Kier alpha value is -2.99. The van der Waals surface area contributed by atoms with Gasteiger partial charge in [-0.25, -0.2) is 9.97 Å². The fourth-order valence-electron chi connectivity index (χ4n) is 3.52. The number of thiazole rings is 1. The van der Waals surface area contributed by atoms with Crippen molar-refractivity contribution in [1.82, 2.24) is 14.5 Å². The number of hydrogen-bond donors (Lipinski definition) is 0. The number of anilines is 1. The van der Waals surface area contributed by atoms with E-state index in [0.717, 1.165) is 39.4 Å². The quantitative estimate of drug-likeness (QED) is 0.446. The second-order valence-electron chi connectivity index (χ2n) is 7.41. The number of aromatic nitrogens is 3. The lowest BCUT2D eigenvalue weighted by atomic mass is 10.1. The van der Waals surface area contributed by atoms with E-state index < -0.39 is 0 Å². The summed E-state index contributed by atoms with van der Waals surface area (Å²) >= 11 is 1.58. The third kappa shape index (κ3) is 4.22. The molecule has 0 spiro atoms. The van der Waals surface area contributed by atoms with Crippen molar-refractivity contribution in [2.75, 3.05) is 11.4 Å². The minimum Gasteiger partial charge on any atom is -0.337 e. The molecule has 0 aliphatic rings. The fraction of sp³-hybridized carbons (Fsp3) is 0.261. The monoisotopic (exact) mass is 404 g/mol. The predicted octanol–water partition coefficient (Wildman–Crippen LogP) is 5.16. The van der Waals surface area contributed by atoms with Gasteiger partial charge in [0.1, 0.15) is 0 Å². The lowest BCUT2D eigenvalue weighted by molar-refractivity contribution is 0.0986. The van der Waals surface area contributed by atoms with Crippen LogP contribution < -0.4 is 4.90 Å². The molecule has 0 aliphatic heterocycles. The van der Waals surface area contributed by atoms with Crippen molar-refractivity contribution in [2.45, 2.75) is 33.7 Å². The molecular weight excluding hydrogens is 380 g/mol. The minimum absolute atomic E-state index is 0.00670. The molecule has 0 atom stereocenters. The summed E-state index contributed by atoms with van der Waals surface area (Å²) in [7, 11) is 0. The number of hydrogen-bond acceptors (Lipinski definition) is 4. The van der Waals surface area contributed by atoms with Gasteiger partial charge in [-0.1, -0.05) is 35.1 Å². The number of rotatable bonds is 6. The van der Waals surface area contributed by atoms with E-state index in [1.807, 2.05) is 46.9 Å². The molecule has 0 fully saturated rings. The third-order valence-electron chi connectivity index (χ3n) is 4.92. The molecule has 148 valence electrons. The summed E-state index contributed by atoms with van der Waals surface area (Å²) in [5, 5.41) is 0.755. The van der Waals surface area contributed by atoms with E-state index in [-0.39, 0.29) is 5.91 Å².